The van der Waals surface area contributed by atoms with Crippen molar-refractivity contribution in [3.05, 3.63) is 5.51 Å². The van der Waals surface area contributed by atoms with Crippen molar-refractivity contribution in [2.24, 2.45) is 5.92 Å². The first-order chi connectivity index (χ1) is 9.86. The van der Waals surface area contributed by atoms with Gasteiger partial charge in [0.05, 0.1) is 0 Å². The number of nitrogens with zero attached hydrogens (tertiary/aromatic N) is 3. The van der Waals surface area contributed by atoms with Crippen LogP contribution in [-0.2, 0) is 14.3 Å². The third kappa shape index (κ3) is 4.38. The molecule has 1 saturated heterocycles. The van der Waals surface area contributed by atoms with Crippen molar-refractivity contribution in [3.63, 3.8) is 0 Å². The number of ether oxygens (including phenoxy) is 1. The molecule has 1 aromatic heterocycles. The van der Waals surface area contributed by atoms with Crippen molar-refractivity contribution in [1.82, 2.24) is 10.2 Å². The standard InChI is InChI=1S/C11H12F3N3O3S/c12-11(13,14)9(19)20-8(18)5-7-1-3-17(4-2-7)10-16-15-6-21-10/h6-7H,1-5H2. The van der Waals surface area contributed by atoms with Crippen LogP contribution in [-0.4, -0.2) is 41.4 Å². The van der Waals surface area contributed by atoms with Gasteiger partial charge in [-0.25, -0.2) is 4.79 Å². The van der Waals surface area contributed by atoms with E-state index in [1.807, 2.05) is 4.90 Å². The van der Waals surface area contributed by atoms with Crippen LogP contribution >= 0.6 is 11.3 Å². The molecule has 0 N–H and O–H groups in total. The molecule has 0 amide bonds. The average molecular weight is 323 g/mol. The Labute approximate surface area is 121 Å². The maximum absolute atomic E-state index is 12.0. The van der Waals surface area contributed by atoms with Crippen molar-refractivity contribution < 1.29 is 27.5 Å². The van der Waals surface area contributed by atoms with Crippen LogP contribution in [0.1, 0.15) is 19.3 Å². The summed E-state index contributed by atoms with van der Waals surface area (Å²) < 4.78 is 39.6. The van der Waals surface area contributed by atoms with Gasteiger partial charge in [-0.05, 0) is 18.8 Å². The smallest absolute Gasteiger partial charge is 0.386 e. The second kappa shape index (κ2) is 6.37. The molecule has 116 valence electrons. The Balaban J connectivity index is 1.76. The van der Waals surface area contributed by atoms with Crippen LogP contribution in [0.15, 0.2) is 5.51 Å². The Kier molecular flexibility index (Phi) is 4.76. The number of hydrogen-bond donors (Lipinski definition) is 0. The Morgan fingerprint density at radius 2 is 2.05 bits per heavy atom. The van der Waals surface area contributed by atoms with Crippen LogP contribution in [0.2, 0.25) is 0 Å². The zero-order chi connectivity index (χ0) is 15.5. The molecule has 0 saturated carbocycles. The minimum absolute atomic E-state index is 0.0947. The number of anilines is 1. The number of hydrogen-bond acceptors (Lipinski definition) is 7. The minimum atomic E-state index is -5.14. The Morgan fingerprint density at radius 1 is 1.38 bits per heavy atom. The predicted octanol–water partition coefficient (Wildman–Crippen LogP) is 1.78. The third-order valence-electron chi connectivity index (χ3n) is 3.13. The normalized spacial score (nSPS) is 16.8. The van der Waals surface area contributed by atoms with Crippen LogP contribution < -0.4 is 4.90 Å². The summed E-state index contributed by atoms with van der Waals surface area (Å²) in [6, 6.07) is 0. The fraction of sp³-hybridized carbons (Fsp3) is 0.636. The summed E-state index contributed by atoms with van der Waals surface area (Å²) >= 11 is 1.40. The molecule has 1 aliphatic rings. The van der Waals surface area contributed by atoms with Gasteiger partial charge in [-0.1, -0.05) is 11.3 Å². The molecule has 0 aliphatic carbocycles. The molecular formula is C11H12F3N3O3S. The molecule has 0 radical (unpaired) electrons. The van der Waals surface area contributed by atoms with Crippen molar-refractivity contribution in [3.8, 4) is 0 Å². The molecule has 1 aromatic rings. The summed E-state index contributed by atoms with van der Waals surface area (Å²) in [6.07, 6.45) is -4.09. The molecule has 1 aliphatic heterocycles. The maximum atomic E-state index is 12.0. The molecule has 0 aromatic carbocycles. The number of carbonyl (C=O) groups excluding carboxylic acids is 2. The molecule has 0 bridgehead atoms. The van der Waals surface area contributed by atoms with Crippen molar-refractivity contribution in [1.29, 1.82) is 0 Å². The number of aromatic nitrogens is 2. The lowest BCUT2D eigenvalue weighted by atomic mass is 9.94. The maximum Gasteiger partial charge on any atom is 0.491 e. The van der Waals surface area contributed by atoms with Gasteiger partial charge in [0.1, 0.15) is 5.51 Å². The van der Waals surface area contributed by atoms with Crippen LogP contribution in [0.3, 0.4) is 0 Å². The largest absolute Gasteiger partial charge is 0.491 e. The summed E-state index contributed by atoms with van der Waals surface area (Å²) in [6.45, 7) is 1.28. The molecule has 21 heavy (non-hydrogen) atoms. The third-order valence-corrected chi connectivity index (χ3v) is 3.88. The van der Waals surface area contributed by atoms with E-state index in [1.54, 1.807) is 5.51 Å². The molecule has 6 nitrogen and oxygen atoms in total. The van der Waals surface area contributed by atoms with E-state index in [4.69, 9.17) is 0 Å². The van der Waals surface area contributed by atoms with E-state index in [-0.39, 0.29) is 12.3 Å². The molecule has 10 heteroatoms. The summed E-state index contributed by atoms with van der Waals surface area (Å²) in [5, 5.41) is 8.44. The van der Waals surface area contributed by atoms with E-state index in [1.165, 1.54) is 11.3 Å². The average Bonchev–Trinajstić information content (AvgIpc) is 2.92. The summed E-state index contributed by atoms with van der Waals surface area (Å²) in [5.41, 5.74) is 1.61. The lowest BCUT2D eigenvalue weighted by Crippen LogP contribution is -2.35. The van der Waals surface area contributed by atoms with Crippen molar-refractivity contribution in [2.45, 2.75) is 25.4 Å². The van der Waals surface area contributed by atoms with E-state index in [9.17, 15) is 22.8 Å². The van der Waals surface area contributed by atoms with Gasteiger partial charge in [0.15, 0.2) is 0 Å². The molecular weight excluding hydrogens is 311 g/mol. The number of alkyl halides is 3. The molecule has 0 spiro atoms. The monoisotopic (exact) mass is 323 g/mol. The highest BCUT2D eigenvalue weighted by Crippen LogP contribution is 2.26. The molecule has 0 atom stereocenters. The highest BCUT2D eigenvalue weighted by Gasteiger charge is 2.42. The van der Waals surface area contributed by atoms with E-state index in [0.717, 1.165) is 5.13 Å². The summed E-state index contributed by atoms with van der Waals surface area (Å²) in [4.78, 5) is 23.8. The SMILES string of the molecule is O=C(CC1CCN(c2nncs2)CC1)OC(=O)C(F)(F)F. The number of piperidine rings is 1. The number of halogens is 3. The highest BCUT2D eigenvalue weighted by atomic mass is 32.1. The first-order valence-electron chi connectivity index (χ1n) is 6.19. The van der Waals surface area contributed by atoms with Crippen LogP contribution in [0.4, 0.5) is 18.3 Å². The van der Waals surface area contributed by atoms with Crippen LogP contribution in [0, 0.1) is 5.92 Å². The van der Waals surface area contributed by atoms with E-state index < -0.39 is 18.1 Å². The summed E-state index contributed by atoms with van der Waals surface area (Å²) in [5.74, 6) is -3.69. The fourth-order valence-electron chi connectivity index (χ4n) is 2.07. The van der Waals surface area contributed by atoms with Gasteiger partial charge in [0.2, 0.25) is 5.13 Å². The molecule has 2 rings (SSSR count). The van der Waals surface area contributed by atoms with Gasteiger partial charge < -0.3 is 9.64 Å². The summed E-state index contributed by atoms with van der Waals surface area (Å²) in [7, 11) is 0. The van der Waals surface area contributed by atoms with E-state index in [0.29, 0.717) is 25.9 Å². The first-order valence-corrected chi connectivity index (χ1v) is 7.07. The topological polar surface area (TPSA) is 72.4 Å². The number of carbonyl (C=O) groups is 2. The van der Waals surface area contributed by atoms with Gasteiger partial charge >= 0.3 is 18.1 Å². The van der Waals surface area contributed by atoms with Gasteiger partial charge in [-0.2, -0.15) is 13.2 Å². The Bertz CT molecular complexity index is 499. The lowest BCUT2D eigenvalue weighted by molar-refractivity contribution is -0.202. The van der Waals surface area contributed by atoms with Gasteiger partial charge in [-0.15, -0.1) is 10.2 Å². The first kappa shape index (κ1) is 15.7. The van der Waals surface area contributed by atoms with Crippen LogP contribution in [0.25, 0.3) is 0 Å². The van der Waals surface area contributed by atoms with Gasteiger partial charge in [0, 0.05) is 19.5 Å². The predicted molar refractivity (Wildman–Crippen MR) is 66.6 cm³/mol. The molecule has 0 unspecified atom stereocenters. The molecule has 2 heterocycles. The number of rotatable bonds is 3. The number of esters is 2. The zero-order valence-electron chi connectivity index (χ0n) is 10.8. The Hall–Kier alpha value is -1.71. The second-order valence-corrected chi connectivity index (χ2v) is 5.43. The highest BCUT2D eigenvalue weighted by molar-refractivity contribution is 7.13. The fourth-order valence-corrected chi connectivity index (χ4v) is 2.69. The minimum Gasteiger partial charge on any atom is -0.386 e. The van der Waals surface area contributed by atoms with E-state index in [2.05, 4.69) is 14.9 Å². The molecule has 1 fully saturated rings. The second-order valence-electron chi connectivity index (χ2n) is 4.62. The van der Waals surface area contributed by atoms with Gasteiger partial charge in [-0.3, -0.25) is 4.79 Å². The van der Waals surface area contributed by atoms with E-state index >= 15 is 0 Å². The van der Waals surface area contributed by atoms with Crippen molar-refractivity contribution in [2.75, 3.05) is 18.0 Å². The van der Waals surface area contributed by atoms with Gasteiger partial charge in [0.25, 0.3) is 0 Å². The lowest BCUT2D eigenvalue weighted by Gasteiger charge is -2.30. The van der Waals surface area contributed by atoms with Crippen molar-refractivity contribution >= 4 is 28.4 Å². The Morgan fingerprint density at radius 3 is 2.57 bits per heavy atom. The quantitative estimate of drug-likeness (QED) is 0.624. The zero-order valence-corrected chi connectivity index (χ0v) is 11.6. The van der Waals surface area contributed by atoms with Crippen LogP contribution in [0.5, 0.6) is 0 Å².